The number of esters is 1. The summed E-state index contributed by atoms with van der Waals surface area (Å²) < 4.78 is 12.6. The quantitative estimate of drug-likeness (QED) is 0.360. The third-order valence-electron chi connectivity index (χ3n) is 6.48. The number of methoxy groups -OCH3 is 2. The maximum Gasteiger partial charge on any atom is 0.340 e. The molecule has 6 heteroatoms. The summed E-state index contributed by atoms with van der Waals surface area (Å²) in [6, 6.07) is 15.6. The normalized spacial score (nSPS) is 14.8. The summed E-state index contributed by atoms with van der Waals surface area (Å²) in [5, 5.41) is 0. The van der Waals surface area contributed by atoms with E-state index < -0.39 is 5.97 Å². The third kappa shape index (κ3) is 4.16. The van der Waals surface area contributed by atoms with Crippen LogP contribution in [0.1, 0.15) is 35.0 Å². The van der Waals surface area contributed by atoms with E-state index in [-0.39, 0.29) is 11.5 Å². The third-order valence-corrected chi connectivity index (χ3v) is 6.48. The lowest BCUT2D eigenvalue weighted by atomic mass is 10.0. The van der Waals surface area contributed by atoms with Crippen LogP contribution in [-0.2, 0) is 14.3 Å². The summed E-state index contributed by atoms with van der Waals surface area (Å²) in [6.07, 6.45) is 1.79. The second-order valence-electron chi connectivity index (χ2n) is 8.80. The summed E-state index contributed by atoms with van der Waals surface area (Å²) in [6.45, 7) is 9.97. The second-order valence-corrected chi connectivity index (χ2v) is 8.80. The monoisotopic (exact) mass is 470 g/mol. The number of nitrogens with zero attached hydrogens (tertiary/aromatic N) is 2. The maximum atomic E-state index is 13.7. The van der Waals surface area contributed by atoms with Gasteiger partial charge < -0.3 is 14.0 Å². The van der Waals surface area contributed by atoms with Crippen molar-refractivity contribution in [3.8, 4) is 11.4 Å². The Morgan fingerprint density at radius 1 is 0.943 bits per heavy atom. The fourth-order valence-electron chi connectivity index (χ4n) is 4.66. The SMILES string of the molecule is COC(=O)C1=C(C)N(c2cccc(OC)c2)C(=O)/C1=C\c1cc(C)n(-c2cc(C)ccc2C)c1C. The zero-order valence-corrected chi connectivity index (χ0v) is 21.2. The molecule has 1 amide bonds. The number of carbonyl (C=O) groups excluding carboxylic acids is 2. The van der Waals surface area contributed by atoms with Gasteiger partial charge in [0.2, 0.25) is 0 Å². The van der Waals surface area contributed by atoms with E-state index in [1.807, 2.05) is 38.1 Å². The number of aromatic nitrogens is 1. The van der Waals surface area contributed by atoms with E-state index in [9.17, 15) is 9.59 Å². The molecule has 0 atom stereocenters. The predicted octanol–water partition coefficient (Wildman–Crippen LogP) is 5.60. The van der Waals surface area contributed by atoms with Crippen LogP contribution in [-0.4, -0.2) is 30.7 Å². The lowest BCUT2D eigenvalue weighted by molar-refractivity contribution is -0.136. The first-order valence-corrected chi connectivity index (χ1v) is 11.4. The van der Waals surface area contributed by atoms with Crippen LogP contribution < -0.4 is 9.64 Å². The number of ether oxygens (including phenoxy) is 2. The number of benzene rings is 2. The van der Waals surface area contributed by atoms with Crippen LogP contribution in [0.15, 0.2) is 65.4 Å². The summed E-state index contributed by atoms with van der Waals surface area (Å²) in [5.41, 5.74) is 8.02. The molecule has 1 aromatic heterocycles. The van der Waals surface area contributed by atoms with E-state index in [1.54, 1.807) is 26.2 Å². The summed E-state index contributed by atoms with van der Waals surface area (Å²) in [5.74, 6) is -0.208. The zero-order valence-electron chi connectivity index (χ0n) is 21.2. The molecule has 0 radical (unpaired) electrons. The number of carbonyl (C=O) groups is 2. The van der Waals surface area contributed by atoms with E-state index in [1.165, 1.54) is 17.6 Å². The minimum atomic E-state index is -0.546. The van der Waals surface area contributed by atoms with E-state index in [0.717, 1.165) is 28.2 Å². The Labute approximate surface area is 206 Å². The zero-order chi connectivity index (χ0) is 25.4. The van der Waals surface area contributed by atoms with Crippen molar-refractivity contribution in [1.82, 2.24) is 4.57 Å². The number of allylic oxidation sites excluding steroid dienone is 1. The first-order chi connectivity index (χ1) is 16.7. The van der Waals surface area contributed by atoms with E-state index in [2.05, 4.69) is 36.6 Å². The Kier molecular flexibility index (Phi) is 6.39. The fraction of sp³-hybridized carbons (Fsp3) is 0.241. The summed E-state index contributed by atoms with van der Waals surface area (Å²) >= 11 is 0. The van der Waals surface area contributed by atoms with Gasteiger partial charge in [0, 0.05) is 28.8 Å². The van der Waals surface area contributed by atoms with Crippen LogP contribution in [0.5, 0.6) is 5.75 Å². The number of hydrogen-bond donors (Lipinski definition) is 0. The van der Waals surface area contributed by atoms with Gasteiger partial charge in [-0.3, -0.25) is 9.69 Å². The highest BCUT2D eigenvalue weighted by atomic mass is 16.5. The highest BCUT2D eigenvalue weighted by Crippen LogP contribution is 2.37. The van der Waals surface area contributed by atoms with E-state index in [4.69, 9.17) is 9.47 Å². The highest BCUT2D eigenvalue weighted by molar-refractivity contribution is 6.23. The van der Waals surface area contributed by atoms with E-state index >= 15 is 0 Å². The summed E-state index contributed by atoms with van der Waals surface area (Å²) in [7, 11) is 2.90. The van der Waals surface area contributed by atoms with Crippen molar-refractivity contribution in [2.24, 2.45) is 0 Å². The average molecular weight is 471 g/mol. The molecule has 4 rings (SSSR count). The first-order valence-electron chi connectivity index (χ1n) is 11.4. The molecule has 1 aliphatic heterocycles. The minimum Gasteiger partial charge on any atom is -0.497 e. The Morgan fingerprint density at radius 2 is 1.69 bits per heavy atom. The Bertz CT molecular complexity index is 1410. The molecule has 1 aliphatic rings. The molecule has 0 spiro atoms. The van der Waals surface area contributed by atoms with Gasteiger partial charge in [-0.2, -0.15) is 0 Å². The first kappa shape index (κ1) is 24.1. The molecule has 35 heavy (non-hydrogen) atoms. The molecule has 0 fully saturated rings. The van der Waals surface area contributed by atoms with Crippen molar-refractivity contribution >= 4 is 23.6 Å². The minimum absolute atomic E-state index is 0.261. The number of amides is 1. The summed E-state index contributed by atoms with van der Waals surface area (Å²) in [4.78, 5) is 28.0. The largest absolute Gasteiger partial charge is 0.497 e. The fourth-order valence-corrected chi connectivity index (χ4v) is 4.66. The van der Waals surface area contributed by atoms with Crippen molar-refractivity contribution in [3.63, 3.8) is 0 Å². The van der Waals surface area contributed by atoms with Crippen LogP contribution in [0.2, 0.25) is 0 Å². The molecular formula is C29H30N2O4. The van der Waals surface area contributed by atoms with Gasteiger partial charge in [-0.05, 0) is 81.7 Å². The maximum absolute atomic E-state index is 13.7. The van der Waals surface area contributed by atoms with Crippen molar-refractivity contribution < 1.29 is 19.1 Å². The van der Waals surface area contributed by atoms with Crippen molar-refractivity contribution in [2.75, 3.05) is 19.1 Å². The van der Waals surface area contributed by atoms with Crippen molar-refractivity contribution in [2.45, 2.75) is 34.6 Å². The molecule has 0 aliphatic carbocycles. The molecule has 2 aromatic carbocycles. The molecule has 180 valence electrons. The molecule has 0 saturated carbocycles. The topological polar surface area (TPSA) is 60.8 Å². The number of rotatable bonds is 5. The van der Waals surface area contributed by atoms with Crippen LogP contribution in [0.3, 0.4) is 0 Å². The highest BCUT2D eigenvalue weighted by Gasteiger charge is 2.38. The Balaban J connectivity index is 1.87. The number of anilines is 1. The average Bonchev–Trinajstić information content (AvgIpc) is 3.26. The molecule has 3 aromatic rings. The van der Waals surface area contributed by atoms with Crippen molar-refractivity contribution in [1.29, 1.82) is 0 Å². The Morgan fingerprint density at radius 3 is 2.37 bits per heavy atom. The Hall–Kier alpha value is -4.06. The van der Waals surface area contributed by atoms with Gasteiger partial charge in [-0.25, -0.2) is 4.79 Å². The van der Waals surface area contributed by atoms with Gasteiger partial charge in [-0.15, -0.1) is 0 Å². The molecule has 2 heterocycles. The lowest BCUT2D eigenvalue weighted by Gasteiger charge is -2.18. The smallest absolute Gasteiger partial charge is 0.340 e. The molecule has 0 bridgehead atoms. The molecule has 0 saturated heterocycles. The number of hydrogen-bond acceptors (Lipinski definition) is 4. The second kappa shape index (κ2) is 9.29. The van der Waals surface area contributed by atoms with Gasteiger partial charge in [0.05, 0.1) is 31.1 Å². The molecule has 6 nitrogen and oxygen atoms in total. The molecule has 0 unspecified atom stereocenters. The molecular weight excluding hydrogens is 440 g/mol. The van der Waals surface area contributed by atoms with Gasteiger partial charge in [0.15, 0.2) is 0 Å². The van der Waals surface area contributed by atoms with Gasteiger partial charge >= 0.3 is 5.97 Å². The predicted molar refractivity (Wildman–Crippen MR) is 138 cm³/mol. The van der Waals surface area contributed by atoms with Gasteiger partial charge in [-0.1, -0.05) is 18.2 Å². The van der Waals surface area contributed by atoms with Crippen LogP contribution in [0, 0.1) is 27.7 Å². The van der Waals surface area contributed by atoms with Crippen molar-refractivity contribution in [3.05, 3.63) is 93.5 Å². The van der Waals surface area contributed by atoms with E-state index in [0.29, 0.717) is 22.7 Å². The lowest BCUT2D eigenvalue weighted by Crippen LogP contribution is -2.24. The number of aryl methyl sites for hydroxylation is 3. The molecule has 0 N–H and O–H groups in total. The van der Waals surface area contributed by atoms with Crippen LogP contribution in [0.4, 0.5) is 5.69 Å². The van der Waals surface area contributed by atoms with Crippen LogP contribution in [0.25, 0.3) is 11.8 Å². The standard InChI is InChI=1S/C29H30N2O4/c1-17-11-12-18(2)26(13-17)30-19(3)14-22(20(30)4)15-25-27(29(33)35-7)21(5)31(28(25)32)23-9-8-10-24(16-23)34-6/h8-16H,1-7H3/b25-15-. The van der Waals surface area contributed by atoms with Crippen LogP contribution >= 0.6 is 0 Å². The van der Waals surface area contributed by atoms with Gasteiger partial charge in [0.1, 0.15) is 5.75 Å². The van der Waals surface area contributed by atoms with Gasteiger partial charge in [0.25, 0.3) is 5.91 Å².